The fourth-order valence-electron chi connectivity index (χ4n) is 0. The monoisotopic (exact) mass is 174 g/mol. The van der Waals surface area contributed by atoms with Crippen molar-refractivity contribution in [3.63, 3.8) is 0 Å². The normalized spacial score (nSPS) is 9.78. The minimum atomic E-state index is -3.97. The Morgan fingerprint density at radius 2 is 1.44 bits per heavy atom. The lowest BCUT2D eigenvalue weighted by atomic mass is 10.7. The number of hydrogen-bond acceptors (Lipinski definition) is 4. The van der Waals surface area contributed by atoms with Gasteiger partial charge in [0.2, 0.25) is 0 Å². The van der Waals surface area contributed by atoms with Crippen LogP contribution < -0.4 is 11.5 Å². The Hall–Kier alpha value is 0.180. The van der Waals surface area contributed by atoms with Crippen LogP contribution in [0.1, 0.15) is 0 Å². The maximum Gasteiger partial charge on any atom is 0.316 e. The standard InChI is InChI=1S/C2H8N2.H2O3S2/c3-1-2-4;1-5(2,3)4/h1-4H2;(H2,1,2,3,4). The second-order valence-corrected chi connectivity index (χ2v) is 3.31. The zero-order chi connectivity index (χ0) is 7.91. The molecule has 0 aromatic heterocycles. The summed E-state index contributed by atoms with van der Waals surface area (Å²) in [4.78, 5) is 0. The summed E-state index contributed by atoms with van der Waals surface area (Å²) >= 11 is 2.65. The minimum Gasteiger partial charge on any atom is -0.329 e. The van der Waals surface area contributed by atoms with E-state index in [4.69, 9.17) is 24.4 Å². The molecule has 0 amide bonds. The largest absolute Gasteiger partial charge is 0.329 e. The average Bonchev–Trinajstić information content (AvgIpc) is 1.61. The van der Waals surface area contributed by atoms with E-state index in [0.29, 0.717) is 13.1 Å². The average molecular weight is 174 g/mol. The summed E-state index contributed by atoms with van der Waals surface area (Å²) in [6, 6.07) is 0. The van der Waals surface area contributed by atoms with Crippen molar-refractivity contribution in [2.75, 3.05) is 13.1 Å². The predicted molar refractivity (Wildman–Crippen MR) is 38.6 cm³/mol. The van der Waals surface area contributed by atoms with E-state index >= 15 is 0 Å². The van der Waals surface area contributed by atoms with Crippen molar-refractivity contribution in [3.8, 4) is 0 Å². The van der Waals surface area contributed by atoms with Crippen LogP contribution in [0, 0.1) is 0 Å². The molecule has 0 saturated carbocycles. The van der Waals surface area contributed by atoms with Crippen molar-refractivity contribution in [3.05, 3.63) is 0 Å². The van der Waals surface area contributed by atoms with E-state index < -0.39 is 9.15 Å². The van der Waals surface area contributed by atoms with E-state index in [0.717, 1.165) is 0 Å². The van der Waals surface area contributed by atoms with Crippen LogP contribution >= 0.6 is 11.7 Å². The Labute approximate surface area is 59.0 Å². The van der Waals surface area contributed by atoms with Crippen LogP contribution in [0.4, 0.5) is 0 Å². The van der Waals surface area contributed by atoms with Gasteiger partial charge in [-0.3, -0.25) is 4.55 Å². The van der Waals surface area contributed by atoms with Gasteiger partial charge in [-0.1, -0.05) is 0 Å². The molecule has 0 aliphatic carbocycles. The second kappa shape index (κ2) is 6.30. The third kappa shape index (κ3) is 224. The molecule has 0 heterocycles. The molecular formula is C2H10N2O3S2. The summed E-state index contributed by atoms with van der Waals surface area (Å²) < 4.78 is 25.5. The predicted octanol–water partition coefficient (Wildman–Crippen LogP) is -1.38. The fourth-order valence-corrected chi connectivity index (χ4v) is 0. The van der Waals surface area contributed by atoms with Crippen LogP contribution in [-0.4, -0.2) is 26.1 Å². The smallest absolute Gasteiger partial charge is 0.316 e. The Kier molecular flexibility index (Phi) is 8.34. The molecule has 0 spiro atoms. The van der Waals surface area contributed by atoms with Gasteiger partial charge < -0.3 is 11.5 Å². The van der Waals surface area contributed by atoms with Gasteiger partial charge in [0.1, 0.15) is 0 Å². The molecule has 0 bridgehead atoms. The lowest BCUT2D eigenvalue weighted by molar-refractivity contribution is 0.503. The summed E-state index contributed by atoms with van der Waals surface area (Å²) in [5, 5.41) is 0. The van der Waals surface area contributed by atoms with Gasteiger partial charge >= 0.3 is 9.15 Å². The van der Waals surface area contributed by atoms with Crippen molar-refractivity contribution >= 4 is 20.8 Å². The summed E-state index contributed by atoms with van der Waals surface area (Å²) in [6.45, 7) is 1.19. The summed E-state index contributed by atoms with van der Waals surface area (Å²) in [6.07, 6.45) is 0. The first-order valence-corrected chi connectivity index (χ1v) is 4.51. The molecule has 0 rings (SSSR count). The van der Waals surface area contributed by atoms with E-state index in [-0.39, 0.29) is 0 Å². The van der Waals surface area contributed by atoms with Crippen molar-refractivity contribution in [2.24, 2.45) is 11.5 Å². The highest BCUT2D eigenvalue weighted by Gasteiger charge is 1.83. The first-order chi connectivity index (χ1) is 3.91. The molecule has 0 aliphatic rings. The van der Waals surface area contributed by atoms with Crippen LogP contribution in [0.15, 0.2) is 0 Å². The fraction of sp³-hybridized carbons (Fsp3) is 1.00. The number of thiol groups is 1. The number of rotatable bonds is 1. The minimum absolute atomic E-state index is 0.597. The molecule has 0 radical (unpaired) electrons. The molecule has 5 nitrogen and oxygen atoms in total. The highest BCUT2D eigenvalue weighted by Crippen LogP contribution is 1.81. The molecule has 0 unspecified atom stereocenters. The Balaban J connectivity index is 0. The molecule has 5 N–H and O–H groups in total. The molecular weight excluding hydrogens is 164 g/mol. The van der Waals surface area contributed by atoms with Crippen LogP contribution in [0.25, 0.3) is 0 Å². The first-order valence-electron chi connectivity index (χ1n) is 2.01. The van der Waals surface area contributed by atoms with E-state index in [1.54, 1.807) is 0 Å². The second-order valence-electron chi connectivity index (χ2n) is 1.03. The summed E-state index contributed by atoms with van der Waals surface area (Å²) in [5.41, 5.74) is 9.81. The van der Waals surface area contributed by atoms with Gasteiger partial charge in [0, 0.05) is 13.1 Å². The molecule has 0 saturated heterocycles. The maximum atomic E-state index is 9.05. The van der Waals surface area contributed by atoms with E-state index in [2.05, 4.69) is 11.7 Å². The van der Waals surface area contributed by atoms with Crippen molar-refractivity contribution in [1.82, 2.24) is 0 Å². The summed E-state index contributed by atoms with van der Waals surface area (Å²) in [7, 11) is -3.97. The molecule has 7 heteroatoms. The van der Waals surface area contributed by atoms with E-state index in [1.165, 1.54) is 0 Å². The van der Waals surface area contributed by atoms with E-state index in [1.807, 2.05) is 0 Å². The van der Waals surface area contributed by atoms with E-state index in [9.17, 15) is 0 Å². The summed E-state index contributed by atoms with van der Waals surface area (Å²) in [5.74, 6) is 0. The van der Waals surface area contributed by atoms with Gasteiger partial charge in [0.25, 0.3) is 0 Å². The molecule has 0 aromatic rings. The molecule has 9 heavy (non-hydrogen) atoms. The molecule has 0 aliphatic heterocycles. The van der Waals surface area contributed by atoms with Gasteiger partial charge in [-0.05, 0) is 11.7 Å². The third-order valence-electron chi connectivity index (χ3n) is 0.167. The highest BCUT2D eigenvalue weighted by atomic mass is 33.1. The quantitative estimate of drug-likeness (QED) is 0.223. The van der Waals surface area contributed by atoms with Gasteiger partial charge in [0.05, 0.1) is 0 Å². The number of hydrogen-bond donors (Lipinski definition) is 4. The molecule has 0 aromatic carbocycles. The molecule has 58 valence electrons. The molecule has 0 fully saturated rings. The Morgan fingerprint density at radius 3 is 1.44 bits per heavy atom. The van der Waals surface area contributed by atoms with Crippen LogP contribution in [-0.2, 0) is 9.15 Å². The lowest BCUT2D eigenvalue weighted by Crippen LogP contribution is -2.11. The van der Waals surface area contributed by atoms with Crippen molar-refractivity contribution in [1.29, 1.82) is 0 Å². The topological polar surface area (TPSA) is 106 Å². The SMILES string of the molecule is NCCN.O=S(=O)(O)S. The number of nitrogens with two attached hydrogens (primary N) is 2. The third-order valence-corrected chi connectivity index (χ3v) is 0.167. The van der Waals surface area contributed by atoms with Crippen molar-refractivity contribution < 1.29 is 13.0 Å². The maximum absolute atomic E-state index is 9.05. The van der Waals surface area contributed by atoms with Crippen LogP contribution in [0.5, 0.6) is 0 Å². The highest BCUT2D eigenvalue weighted by molar-refractivity contribution is 8.61. The van der Waals surface area contributed by atoms with Gasteiger partial charge in [-0.2, -0.15) is 8.42 Å². The van der Waals surface area contributed by atoms with Crippen LogP contribution in [0.2, 0.25) is 0 Å². The zero-order valence-corrected chi connectivity index (χ0v) is 6.40. The van der Waals surface area contributed by atoms with Gasteiger partial charge in [-0.25, -0.2) is 0 Å². The zero-order valence-electron chi connectivity index (χ0n) is 4.69. The lowest BCUT2D eigenvalue weighted by Gasteiger charge is -1.72. The van der Waals surface area contributed by atoms with Crippen LogP contribution in [0.3, 0.4) is 0 Å². The molecule has 0 atom stereocenters. The van der Waals surface area contributed by atoms with Gasteiger partial charge in [-0.15, -0.1) is 0 Å². The van der Waals surface area contributed by atoms with Crippen molar-refractivity contribution in [2.45, 2.75) is 0 Å². The Morgan fingerprint density at radius 1 is 1.33 bits per heavy atom. The first kappa shape index (κ1) is 11.9. The van der Waals surface area contributed by atoms with Gasteiger partial charge in [0.15, 0.2) is 0 Å². The Bertz CT molecular complexity index is 121.